The highest BCUT2D eigenvalue weighted by atomic mass is 32.1. The van der Waals surface area contributed by atoms with Crippen LogP contribution in [-0.4, -0.2) is 27.3 Å². The first-order valence-electron chi connectivity index (χ1n) is 5.86. The lowest BCUT2D eigenvalue weighted by Gasteiger charge is -2.31. The van der Waals surface area contributed by atoms with Gasteiger partial charge in [-0.3, -0.25) is 0 Å². The maximum atomic E-state index is 10.6. The number of allylic oxidation sites excluding steroid dienone is 1. The van der Waals surface area contributed by atoms with E-state index in [-0.39, 0.29) is 17.9 Å². The van der Waals surface area contributed by atoms with Crippen molar-refractivity contribution in [2.75, 3.05) is 5.73 Å². The zero-order chi connectivity index (χ0) is 13.1. The van der Waals surface area contributed by atoms with Crippen LogP contribution in [0.1, 0.15) is 30.9 Å². The molecule has 1 aromatic heterocycles. The van der Waals surface area contributed by atoms with E-state index < -0.39 is 5.97 Å². The lowest BCUT2D eigenvalue weighted by molar-refractivity contribution is -0.131. The minimum atomic E-state index is -0.947. The lowest BCUT2D eigenvalue weighted by Crippen LogP contribution is -2.25. The number of aliphatic carboxylic acids is 1. The van der Waals surface area contributed by atoms with Gasteiger partial charge in [-0.1, -0.05) is 6.08 Å². The second-order valence-corrected chi connectivity index (χ2v) is 5.43. The monoisotopic (exact) mass is 268 g/mol. The fraction of sp³-hybridized carbons (Fsp3) is 0.500. The maximum absolute atomic E-state index is 10.6. The van der Waals surface area contributed by atoms with Crippen molar-refractivity contribution in [2.24, 2.45) is 5.92 Å². The van der Waals surface area contributed by atoms with E-state index in [0.717, 1.165) is 12.1 Å². The Hall–Kier alpha value is -1.40. The Balaban J connectivity index is 2.18. The number of hydrogen-bond acceptors (Lipinski definition) is 5. The summed E-state index contributed by atoms with van der Waals surface area (Å²) in [6.45, 7) is 0. The van der Waals surface area contributed by atoms with Crippen LogP contribution in [-0.2, 0) is 4.79 Å². The van der Waals surface area contributed by atoms with Gasteiger partial charge in [0.2, 0.25) is 0 Å². The molecule has 18 heavy (non-hydrogen) atoms. The fourth-order valence-electron chi connectivity index (χ4n) is 2.42. The molecule has 0 radical (unpaired) electrons. The van der Waals surface area contributed by atoms with Crippen molar-refractivity contribution in [3.8, 4) is 0 Å². The Bertz CT molecular complexity index is 458. The third-order valence-electron chi connectivity index (χ3n) is 3.28. The van der Waals surface area contributed by atoms with Gasteiger partial charge >= 0.3 is 5.97 Å². The van der Waals surface area contributed by atoms with E-state index in [9.17, 15) is 9.90 Å². The highest BCUT2D eigenvalue weighted by Crippen LogP contribution is 2.39. The number of nitrogens with zero attached hydrogens (tertiary/aromatic N) is 1. The standard InChI is InChI=1S/C12H16N2O3S/c13-12-14-10(6-18-12)9-5-8(15)3-1-7(9)2-4-11(16)17/h2,4,6-9,15H,1,3,5H2,(H2,13,14)(H,16,17)/t7?,8-,9+/m0/s1. The molecule has 1 saturated carbocycles. The third kappa shape index (κ3) is 3.08. The van der Waals surface area contributed by atoms with E-state index in [1.165, 1.54) is 17.4 Å². The Labute approximate surface area is 109 Å². The number of rotatable bonds is 3. The van der Waals surface area contributed by atoms with Crippen molar-refractivity contribution < 1.29 is 15.0 Å². The molecule has 3 atom stereocenters. The fourth-order valence-corrected chi connectivity index (χ4v) is 3.05. The molecule has 4 N–H and O–H groups in total. The summed E-state index contributed by atoms with van der Waals surface area (Å²) in [4.78, 5) is 14.8. The molecule has 98 valence electrons. The van der Waals surface area contributed by atoms with E-state index in [1.54, 1.807) is 6.08 Å². The molecule has 0 aliphatic heterocycles. The van der Waals surface area contributed by atoms with Crippen molar-refractivity contribution in [1.29, 1.82) is 0 Å². The first-order valence-corrected chi connectivity index (χ1v) is 6.74. The van der Waals surface area contributed by atoms with Crippen LogP contribution in [0.4, 0.5) is 5.13 Å². The quantitative estimate of drug-likeness (QED) is 0.724. The van der Waals surface area contributed by atoms with Crippen LogP contribution in [0.25, 0.3) is 0 Å². The van der Waals surface area contributed by atoms with Crippen LogP contribution in [0.2, 0.25) is 0 Å². The molecule has 1 heterocycles. The van der Waals surface area contributed by atoms with Gasteiger partial charge < -0.3 is 15.9 Å². The zero-order valence-corrected chi connectivity index (χ0v) is 10.6. The number of carboxylic acids is 1. The van der Waals surface area contributed by atoms with E-state index in [2.05, 4.69) is 4.98 Å². The number of anilines is 1. The van der Waals surface area contributed by atoms with Gasteiger partial charge in [-0.05, 0) is 25.2 Å². The first-order chi connectivity index (χ1) is 8.56. The number of nitrogen functional groups attached to an aromatic ring is 1. The molecule has 6 heteroatoms. The van der Waals surface area contributed by atoms with Gasteiger partial charge in [0, 0.05) is 17.4 Å². The molecule has 1 aliphatic carbocycles. The number of carboxylic acid groups (broad SMARTS) is 1. The predicted octanol–water partition coefficient (Wildman–Crippen LogP) is 1.61. The normalized spacial score (nSPS) is 28.6. The molecular formula is C12H16N2O3S. The average molecular weight is 268 g/mol. The second kappa shape index (κ2) is 5.49. The number of aliphatic hydroxyl groups excluding tert-OH is 1. The molecule has 2 rings (SSSR count). The molecule has 0 bridgehead atoms. The van der Waals surface area contributed by atoms with E-state index in [0.29, 0.717) is 18.0 Å². The Morgan fingerprint density at radius 1 is 1.56 bits per heavy atom. The first kappa shape index (κ1) is 13.0. The van der Waals surface area contributed by atoms with Crippen LogP contribution in [0.5, 0.6) is 0 Å². The molecule has 1 aromatic rings. The zero-order valence-electron chi connectivity index (χ0n) is 9.82. The molecule has 1 aliphatic rings. The molecule has 5 nitrogen and oxygen atoms in total. The number of aliphatic hydroxyl groups is 1. The second-order valence-electron chi connectivity index (χ2n) is 4.55. The van der Waals surface area contributed by atoms with Crippen molar-refractivity contribution in [3.05, 3.63) is 23.2 Å². The van der Waals surface area contributed by atoms with Gasteiger partial charge in [-0.15, -0.1) is 11.3 Å². The topological polar surface area (TPSA) is 96.4 Å². The molecular weight excluding hydrogens is 252 g/mol. The maximum Gasteiger partial charge on any atom is 0.327 e. The van der Waals surface area contributed by atoms with Gasteiger partial charge in [0.1, 0.15) is 0 Å². The largest absolute Gasteiger partial charge is 0.478 e. The average Bonchev–Trinajstić information content (AvgIpc) is 2.74. The van der Waals surface area contributed by atoms with Gasteiger partial charge in [0.25, 0.3) is 0 Å². The molecule has 1 fully saturated rings. The van der Waals surface area contributed by atoms with Crippen LogP contribution >= 0.6 is 11.3 Å². The summed E-state index contributed by atoms with van der Waals surface area (Å²) < 4.78 is 0. The minimum Gasteiger partial charge on any atom is -0.478 e. The van der Waals surface area contributed by atoms with Gasteiger partial charge in [-0.25, -0.2) is 9.78 Å². The van der Waals surface area contributed by atoms with E-state index in [1.807, 2.05) is 5.38 Å². The van der Waals surface area contributed by atoms with Crippen LogP contribution in [0.3, 0.4) is 0 Å². The SMILES string of the molecule is Nc1nc([C@@H]2C[C@@H](O)CCC2C=CC(=O)O)cs1. The summed E-state index contributed by atoms with van der Waals surface area (Å²) in [5.74, 6) is -0.790. The number of thiazole rings is 1. The smallest absolute Gasteiger partial charge is 0.327 e. The number of aromatic nitrogens is 1. The molecule has 0 spiro atoms. The third-order valence-corrected chi connectivity index (χ3v) is 3.97. The summed E-state index contributed by atoms with van der Waals surface area (Å²) in [5.41, 5.74) is 6.48. The Morgan fingerprint density at radius 3 is 2.94 bits per heavy atom. The highest BCUT2D eigenvalue weighted by Gasteiger charge is 2.30. The summed E-state index contributed by atoms with van der Waals surface area (Å²) in [6, 6.07) is 0. The molecule has 0 aromatic carbocycles. The predicted molar refractivity (Wildman–Crippen MR) is 69.4 cm³/mol. The molecule has 1 unspecified atom stereocenters. The van der Waals surface area contributed by atoms with Gasteiger partial charge in [0.05, 0.1) is 11.8 Å². The Kier molecular flexibility index (Phi) is 3.98. The summed E-state index contributed by atoms with van der Waals surface area (Å²) in [7, 11) is 0. The van der Waals surface area contributed by atoms with Crippen LogP contribution in [0, 0.1) is 5.92 Å². The minimum absolute atomic E-state index is 0.0536. The number of nitrogens with two attached hydrogens (primary N) is 1. The number of carbonyl (C=O) groups is 1. The van der Waals surface area contributed by atoms with Crippen LogP contribution < -0.4 is 5.73 Å². The van der Waals surface area contributed by atoms with E-state index >= 15 is 0 Å². The highest BCUT2D eigenvalue weighted by molar-refractivity contribution is 7.13. The van der Waals surface area contributed by atoms with Gasteiger partial charge in [-0.2, -0.15) is 0 Å². The molecule has 0 amide bonds. The van der Waals surface area contributed by atoms with Gasteiger partial charge in [0.15, 0.2) is 5.13 Å². The lowest BCUT2D eigenvalue weighted by atomic mass is 9.76. The van der Waals surface area contributed by atoms with Crippen LogP contribution in [0.15, 0.2) is 17.5 Å². The summed E-state index contributed by atoms with van der Waals surface area (Å²) >= 11 is 1.37. The van der Waals surface area contributed by atoms with E-state index in [4.69, 9.17) is 10.8 Å². The van der Waals surface area contributed by atoms with Crippen molar-refractivity contribution in [1.82, 2.24) is 4.98 Å². The number of hydrogen-bond donors (Lipinski definition) is 3. The molecule has 0 saturated heterocycles. The summed E-state index contributed by atoms with van der Waals surface area (Å²) in [6.07, 6.45) is 4.61. The Morgan fingerprint density at radius 2 is 2.33 bits per heavy atom. The van der Waals surface area contributed by atoms with Crippen molar-refractivity contribution in [2.45, 2.75) is 31.3 Å². The summed E-state index contributed by atoms with van der Waals surface area (Å²) in [5, 5.41) is 20.8. The van der Waals surface area contributed by atoms with Crippen molar-refractivity contribution in [3.63, 3.8) is 0 Å². The van der Waals surface area contributed by atoms with Crippen molar-refractivity contribution >= 4 is 22.4 Å².